The molecule has 12 nitrogen and oxygen atoms in total. The van der Waals surface area contributed by atoms with E-state index in [-0.39, 0.29) is 30.9 Å². The van der Waals surface area contributed by atoms with Crippen molar-refractivity contribution in [2.75, 3.05) is 43.1 Å². The smallest absolute Gasteiger partial charge is 0.475 e. The predicted octanol–water partition coefficient (Wildman–Crippen LogP) is 6.08. The number of aromatic nitrogens is 1. The van der Waals surface area contributed by atoms with Gasteiger partial charge >= 0.3 is 18.2 Å². The summed E-state index contributed by atoms with van der Waals surface area (Å²) in [5.74, 6) is -2.64. The number of ether oxygens (including phenoxy) is 1. The number of likely N-dealkylation sites (tertiary alicyclic amines) is 1. The number of pyridine rings is 1. The fraction of sp³-hybridized carbons (Fsp3) is 0.306. The first-order valence-corrected chi connectivity index (χ1v) is 16.0. The number of rotatable bonds is 3. The number of carbonyl (C=O) groups is 4. The van der Waals surface area contributed by atoms with Crippen molar-refractivity contribution >= 4 is 51.8 Å². The molecule has 4 bridgehead atoms. The Kier molecular flexibility index (Phi) is 10.7. The van der Waals surface area contributed by atoms with Crippen LogP contribution in [0.15, 0.2) is 66.9 Å². The van der Waals surface area contributed by atoms with Crippen molar-refractivity contribution in [1.29, 1.82) is 0 Å². The van der Waals surface area contributed by atoms with E-state index in [9.17, 15) is 27.6 Å². The minimum Gasteiger partial charge on any atom is -0.475 e. The van der Waals surface area contributed by atoms with Gasteiger partial charge in [0.2, 0.25) is 5.91 Å². The number of nitrogens with one attached hydrogen (secondary N) is 2. The van der Waals surface area contributed by atoms with Crippen LogP contribution < -0.4 is 16.4 Å². The number of hydrogen-bond acceptors (Lipinski definition) is 8. The number of nitrogen functional groups attached to an aromatic ring is 1. The number of nitrogens with zero attached hydrogens (tertiary/aromatic N) is 3. The van der Waals surface area contributed by atoms with Gasteiger partial charge in [-0.1, -0.05) is 25.1 Å². The Labute approximate surface area is 291 Å². The molecule has 0 unspecified atom stereocenters. The molecule has 0 saturated carbocycles. The van der Waals surface area contributed by atoms with E-state index in [2.05, 4.69) is 15.6 Å². The van der Waals surface area contributed by atoms with Crippen LogP contribution in [-0.2, 0) is 20.9 Å². The van der Waals surface area contributed by atoms with Gasteiger partial charge in [0.05, 0.1) is 6.61 Å². The van der Waals surface area contributed by atoms with Gasteiger partial charge in [-0.2, -0.15) is 13.2 Å². The molecule has 15 heteroatoms. The Morgan fingerprint density at radius 1 is 1.06 bits per heavy atom. The molecule has 268 valence electrons. The molecule has 0 aliphatic carbocycles. The number of carboxylic acid groups (broad SMARTS) is 1. The summed E-state index contributed by atoms with van der Waals surface area (Å²) in [6, 6.07) is 18.0. The number of nitrogens with two attached hydrogens (primary N) is 1. The van der Waals surface area contributed by atoms with E-state index in [1.54, 1.807) is 41.2 Å². The molecule has 4 heterocycles. The number of benzene rings is 3. The SMILES string of the molecule is Cc1cc2ccc1[C@@H](C)COC(=O)Nc1ccc(C(=O)N3CCC3)c(c1)CN(C)C(=O)[C@@H]2Nc1ccc2c(N)nccc2c1.O=C(O)C(F)(F)F. The zero-order valence-corrected chi connectivity index (χ0v) is 28.1. The third kappa shape index (κ3) is 8.48. The van der Waals surface area contributed by atoms with E-state index < -0.39 is 24.3 Å². The van der Waals surface area contributed by atoms with Gasteiger partial charge in [-0.05, 0) is 83.4 Å². The first-order valence-electron chi connectivity index (χ1n) is 16.0. The largest absolute Gasteiger partial charge is 0.490 e. The second kappa shape index (κ2) is 14.9. The molecule has 1 aromatic heterocycles. The van der Waals surface area contributed by atoms with Crippen LogP contribution in [-0.4, -0.2) is 76.7 Å². The number of likely N-dealkylation sites (N-methyl/N-ethyl adjacent to an activating group) is 1. The number of alkyl halides is 3. The molecule has 3 aliphatic heterocycles. The Balaban J connectivity index is 0.000000654. The van der Waals surface area contributed by atoms with Crippen LogP contribution in [0.2, 0.25) is 0 Å². The summed E-state index contributed by atoms with van der Waals surface area (Å²) in [6.45, 7) is 5.73. The predicted molar refractivity (Wildman–Crippen MR) is 184 cm³/mol. The van der Waals surface area contributed by atoms with Crippen molar-refractivity contribution in [2.45, 2.75) is 44.9 Å². The highest BCUT2D eigenvalue weighted by Crippen LogP contribution is 2.31. The van der Waals surface area contributed by atoms with Crippen LogP contribution >= 0.6 is 0 Å². The molecular weight excluding hydrogens is 669 g/mol. The molecule has 0 spiro atoms. The van der Waals surface area contributed by atoms with Gasteiger partial charge in [0.15, 0.2) is 0 Å². The maximum atomic E-state index is 14.3. The lowest BCUT2D eigenvalue weighted by Crippen LogP contribution is -2.42. The molecular formula is C36H37F3N6O6. The Morgan fingerprint density at radius 3 is 2.43 bits per heavy atom. The molecule has 5 N–H and O–H groups in total. The lowest BCUT2D eigenvalue weighted by Gasteiger charge is -2.32. The molecule has 51 heavy (non-hydrogen) atoms. The molecule has 2 atom stereocenters. The van der Waals surface area contributed by atoms with E-state index in [4.69, 9.17) is 20.4 Å². The highest BCUT2D eigenvalue weighted by Gasteiger charge is 2.38. The molecule has 3 aliphatic rings. The standard InChI is InChI=1S/C34H36N6O4.C2HF3O2/c1-20-15-23-5-8-27(20)21(2)19-44-34(43)38-26-7-10-29(32(41)40-13-4-14-40)24(17-26)18-39(3)33(42)30(23)37-25-6-9-28-22(16-25)11-12-36-31(28)35;3-2(4,5)1(6)7/h5-12,15-17,21,30,37H,4,13-14,18-19H2,1-3H3,(H2,35,36)(H,38,43);(H,6,7)/t21-,30+;/m0./s1. The topological polar surface area (TPSA) is 167 Å². The number of anilines is 3. The van der Waals surface area contributed by atoms with Crippen molar-refractivity contribution in [3.8, 4) is 0 Å². The summed E-state index contributed by atoms with van der Waals surface area (Å²) in [7, 11) is 1.72. The van der Waals surface area contributed by atoms with Crippen molar-refractivity contribution in [3.63, 3.8) is 0 Å². The Hall–Kier alpha value is -5.86. The second-order valence-corrected chi connectivity index (χ2v) is 12.5. The summed E-state index contributed by atoms with van der Waals surface area (Å²) in [5, 5.41) is 15.1. The molecule has 7 rings (SSSR count). The number of hydrogen-bond donors (Lipinski definition) is 4. The fourth-order valence-electron chi connectivity index (χ4n) is 5.88. The lowest BCUT2D eigenvalue weighted by atomic mass is 9.92. The van der Waals surface area contributed by atoms with Gasteiger partial charge in [-0.15, -0.1) is 0 Å². The van der Waals surface area contributed by atoms with Gasteiger partial charge < -0.3 is 30.7 Å². The number of carbonyl (C=O) groups excluding carboxylic acids is 3. The minimum absolute atomic E-state index is 0.0702. The van der Waals surface area contributed by atoms with E-state index >= 15 is 0 Å². The van der Waals surface area contributed by atoms with Crippen LogP contribution in [0.4, 0.5) is 35.2 Å². The van der Waals surface area contributed by atoms with Gasteiger partial charge in [-0.3, -0.25) is 14.9 Å². The lowest BCUT2D eigenvalue weighted by molar-refractivity contribution is -0.192. The normalized spacial score (nSPS) is 17.8. The fourth-order valence-corrected chi connectivity index (χ4v) is 5.88. The zero-order valence-electron chi connectivity index (χ0n) is 28.1. The Bertz CT molecular complexity index is 1980. The average Bonchev–Trinajstić information content (AvgIpc) is 3.04. The molecule has 3 amide bonds. The van der Waals surface area contributed by atoms with Gasteiger partial charge in [0, 0.05) is 61.1 Å². The van der Waals surface area contributed by atoms with E-state index in [0.29, 0.717) is 35.7 Å². The first kappa shape index (κ1) is 36.4. The van der Waals surface area contributed by atoms with Crippen LogP contribution in [0.5, 0.6) is 0 Å². The number of fused-ring (bicyclic) bond motifs is 10. The molecule has 0 radical (unpaired) electrons. The average molecular weight is 707 g/mol. The van der Waals surface area contributed by atoms with Crippen molar-refractivity contribution in [1.82, 2.24) is 14.8 Å². The molecule has 1 saturated heterocycles. The highest BCUT2D eigenvalue weighted by atomic mass is 19.4. The van der Waals surface area contributed by atoms with E-state index in [1.165, 1.54) is 0 Å². The number of aliphatic carboxylic acids is 1. The van der Waals surface area contributed by atoms with Crippen LogP contribution in [0, 0.1) is 6.92 Å². The summed E-state index contributed by atoms with van der Waals surface area (Å²) >= 11 is 0. The van der Waals surface area contributed by atoms with E-state index in [0.717, 1.165) is 39.6 Å². The maximum absolute atomic E-state index is 14.3. The molecule has 4 aromatic rings. The number of halogens is 3. The third-order valence-corrected chi connectivity index (χ3v) is 8.73. The van der Waals surface area contributed by atoms with Crippen LogP contribution in [0.1, 0.15) is 57.9 Å². The van der Waals surface area contributed by atoms with Crippen LogP contribution in [0.3, 0.4) is 0 Å². The monoisotopic (exact) mass is 706 g/mol. The first-order chi connectivity index (χ1) is 24.1. The minimum atomic E-state index is -5.08. The van der Waals surface area contributed by atoms with Gasteiger partial charge in [-0.25, -0.2) is 14.6 Å². The van der Waals surface area contributed by atoms with Gasteiger partial charge in [0.1, 0.15) is 11.9 Å². The van der Waals surface area contributed by atoms with Gasteiger partial charge in [0.25, 0.3) is 5.91 Å². The van der Waals surface area contributed by atoms with Crippen molar-refractivity contribution < 1.29 is 42.2 Å². The summed E-state index contributed by atoms with van der Waals surface area (Å²) in [6.07, 6.45) is -3.03. The summed E-state index contributed by atoms with van der Waals surface area (Å²) in [4.78, 5) is 56.8. The third-order valence-electron chi connectivity index (χ3n) is 8.73. The highest BCUT2D eigenvalue weighted by molar-refractivity contribution is 5.98. The quantitative estimate of drug-likeness (QED) is 0.197. The number of aryl methyl sites for hydroxylation is 1. The van der Waals surface area contributed by atoms with Crippen molar-refractivity contribution in [2.24, 2.45) is 0 Å². The Morgan fingerprint density at radius 2 is 1.78 bits per heavy atom. The summed E-state index contributed by atoms with van der Waals surface area (Å²) < 4.78 is 37.3. The van der Waals surface area contributed by atoms with E-state index in [1.807, 2.05) is 56.3 Å². The number of carboxylic acids is 1. The van der Waals surface area contributed by atoms with Crippen molar-refractivity contribution in [3.05, 3.63) is 94.7 Å². The molecule has 1 fully saturated rings. The zero-order chi connectivity index (χ0) is 37.0. The maximum Gasteiger partial charge on any atom is 0.490 e. The second-order valence-electron chi connectivity index (χ2n) is 12.5. The number of amides is 3. The summed E-state index contributed by atoms with van der Waals surface area (Å²) in [5.41, 5.74) is 11.3. The van der Waals surface area contributed by atoms with Crippen LogP contribution in [0.25, 0.3) is 10.8 Å². The molecule has 3 aromatic carbocycles.